The molecule has 8 nitrogen and oxygen atoms in total. The highest BCUT2D eigenvalue weighted by molar-refractivity contribution is 7.92. The maximum Gasteiger partial charge on any atom is 0.264 e. The molecule has 0 bridgehead atoms. The minimum absolute atomic E-state index is 0.0280. The monoisotopic (exact) mass is 631 g/mol. The fraction of sp³-hybridized carbons (Fsp3) is 0.257. The average Bonchev–Trinajstić information content (AvgIpc) is 3.06. The summed E-state index contributed by atoms with van der Waals surface area (Å²) in [7, 11) is -2.88. The van der Waals surface area contributed by atoms with Gasteiger partial charge in [0.2, 0.25) is 11.8 Å². The van der Waals surface area contributed by atoms with Crippen molar-refractivity contribution in [1.29, 1.82) is 0 Å². The lowest BCUT2D eigenvalue weighted by Gasteiger charge is -2.34. The Morgan fingerprint density at radius 3 is 2.11 bits per heavy atom. The normalized spacial score (nSPS) is 12.5. The first-order valence-electron chi connectivity index (χ1n) is 14.7. The first-order chi connectivity index (χ1) is 21.6. The van der Waals surface area contributed by atoms with Gasteiger partial charge in [0, 0.05) is 24.6 Å². The van der Waals surface area contributed by atoms with E-state index in [1.54, 1.807) is 54.6 Å². The molecule has 0 radical (unpaired) electrons. The van der Waals surface area contributed by atoms with Gasteiger partial charge in [0.1, 0.15) is 24.2 Å². The molecule has 4 aromatic carbocycles. The molecule has 0 heterocycles. The Labute approximate surface area is 264 Å². The molecule has 0 unspecified atom stereocenters. The number of ether oxygens (including phenoxy) is 1. The number of amides is 2. The molecular formula is C35H38FN3O5S. The number of carbonyl (C=O) groups is 2. The summed E-state index contributed by atoms with van der Waals surface area (Å²) >= 11 is 0. The van der Waals surface area contributed by atoms with E-state index in [1.165, 1.54) is 36.3 Å². The van der Waals surface area contributed by atoms with Crippen LogP contribution in [-0.2, 0) is 32.6 Å². The third kappa shape index (κ3) is 8.27. The van der Waals surface area contributed by atoms with Crippen molar-refractivity contribution >= 4 is 27.5 Å². The lowest BCUT2D eigenvalue weighted by molar-refractivity contribution is -0.140. The third-order valence-electron chi connectivity index (χ3n) is 7.53. The quantitative estimate of drug-likeness (QED) is 0.196. The van der Waals surface area contributed by atoms with E-state index in [0.717, 1.165) is 9.87 Å². The van der Waals surface area contributed by atoms with Crippen LogP contribution in [-0.4, -0.2) is 50.9 Å². The van der Waals surface area contributed by atoms with Crippen LogP contribution < -0.4 is 14.4 Å². The van der Waals surface area contributed by atoms with E-state index in [1.807, 2.05) is 44.2 Å². The van der Waals surface area contributed by atoms with E-state index in [2.05, 4.69) is 5.32 Å². The lowest BCUT2D eigenvalue weighted by Crippen LogP contribution is -2.54. The number of para-hydroxylation sites is 2. The van der Waals surface area contributed by atoms with Gasteiger partial charge in [-0.05, 0) is 49.2 Å². The summed E-state index contributed by atoms with van der Waals surface area (Å²) in [6, 6.07) is 28.2. The Bertz CT molecular complexity index is 1690. The highest BCUT2D eigenvalue weighted by atomic mass is 32.2. The van der Waals surface area contributed by atoms with Crippen LogP contribution in [0.1, 0.15) is 31.4 Å². The standard InChI is InChI=1S/C35H38FN3O5S/c1-4-26(2)37-35(41)32(23-27-15-7-5-8-16-27)38(24-28-17-11-12-20-30(28)36)34(40)25-39(31-21-13-14-22-33(31)44-3)45(42,43)29-18-9-6-10-19-29/h5-22,26,32H,4,23-25H2,1-3H3,(H,37,41)/t26-,32-/m1/s1. The van der Waals surface area contributed by atoms with E-state index >= 15 is 4.39 Å². The van der Waals surface area contributed by atoms with E-state index in [4.69, 9.17) is 4.74 Å². The zero-order valence-electron chi connectivity index (χ0n) is 25.6. The van der Waals surface area contributed by atoms with E-state index < -0.39 is 40.2 Å². The Balaban J connectivity index is 1.84. The molecule has 0 aromatic heterocycles. The summed E-state index contributed by atoms with van der Waals surface area (Å²) in [5.41, 5.74) is 1.12. The highest BCUT2D eigenvalue weighted by Crippen LogP contribution is 2.32. The zero-order valence-corrected chi connectivity index (χ0v) is 26.4. The molecule has 1 N–H and O–H groups in total. The van der Waals surface area contributed by atoms with Gasteiger partial charge >= 0.3 is 0 Å². The van der Waals surface area contributed by atoms with Crippen LogP contribution in [0.2, 0.25) is 0 Å². The summed E-state index contributed by atoms with van der Waals surface area (Å²) in [5, 5.41) is 2.97. The van der Waals surface area contributed by atoms with Gasteiger partial charge in [-0.25, -0.2) is 12.8 Å². The second-order valence-electron chi connectivity index (χ2n) is 10.6. The molecular weight excluding hydrogens is 593 g/mol. The third-order valence-corrected chi connectivity index (χ3v) is 9.31. The summed E-state index contributed by atoms with van der Waals surface area (Å²) in [6.07, 6.45) is 0.783. The molecule has 0 fully saturated rings. The van der Waals surface area contributed by atoms with Crippen molar-refractivity contribution < 1.29 is 27.1 Å². The fourth-order valence-electron chi connectivity index (χ4n) is 4.87. The Hall–Kier alpha value is -4.70. The SMILES string of the molecule is CC[C@@H](C)NC(=O)[C@@H](Cc1ccccc1)N(Cc1ccccc1F)C(=O)CN(c1ccccc1OC)S(=O)(=O)c1ccccc1. The van der Waals surface area contributed by atoms with Crippen LogP contribution >= 0.6 is 0 Å². The van der Waals surface area contributed by atoms with Crippen LogP contribution in [0, 0.1) is 5.82 Å². The molecule has 10 heteroatoms. The number of rotatable bonds is 14. The molecule has 4 aromatic rings. The Morgan fingerprint density at radius 2 is 1.47 bits per heavy atom. The second-order valence-corrected chi connectivity index (χ2v) is 12.5. The highest BCUT2D eigenvalue weighted by Gasteiger charge is 2.36. The van der Waals surface area contributed by atoms with Crippen molar-refractivity contribution in [2.75, 3.05) is 18.0 Å². The molecule has 45 heavy (non-hydrogen) atoms. The molecule has 4 rings (SSSR count). The predicted octanol–water partition coefficient (Wildman–Crippen LogP) is 5.58. The summed E-state index contributed by atoms with van der Waals surface area (Å²) in [6.45, 7) is 2.85. The second kappa shape index (κ2) is 15.3. The van der Waals surface area contributed by atoms with Gasteiger partial charge in [0.05, 0.1) is 17.7 Å². The fourth-order valence-corrected chi connectivity index (χ4v) is 6.32. The number of nitrogens with zero attached hydrogens (tertiary/aromatic N) is 2. The van der Waals surface area contributed by atoms with Crippen molar-refractivity contribution in [1.82, 2.24) is 10.2 Å². The van der Waals surface area contributed by atoms with Crippen LogP contribution in [0.5, 0.6) is 5.75 Å². The molecule has 0 spiro atoms. The smallest absolute Gasteiger partial charge is 0.264 e. The maximum absolute atomic E-state index is 15.0. The van der Waals surface area contributed by atoms with Crippen LogP contribution in [0.3, 0.4) is 0 Å². The lowest BCUT2D eigenvalue weighted by atomic mass is 10.0. The van der Waals surface area contributed by atoms with Crippen LogP contribution in [0.15, 0.2) is 114 Å². The number of nitrogens with one attached hydrogen (secondary N) is 1. The summed E-state index contributed by atoms with van der Waals surface area (Å²) < 4.78 is 49.7. The van der Waals surface area contributed by atoms with E-state index in [-0.39, 0.29) is 40.9 Å². The maximum atomic E-state index is 15.0. The Kier molecular flexibility index (Phi) is 11.3. The largest absolute Gasteiger partial charge is 0.495 e. The first kappa shape index (κ1) is 33.2. The number of hydrogen-bond acceptors (Lipinski definition) is 5. The summed E-state index contributed by atoms with van der Waals surface area (Å²) in [4.78, 5) is 29.6. The number of carbonyl (C=O) groups excluding carboxylic acids is 2. The van der Waals surface area contributed by atoms with Crippen LogP contribution in [0.4, 0.5) is 10.1 Å². The van der Waals surface area contributed by atoms with Crippen LogP contribution in [0.25, 0.3) is 0 Å². The molecule has 0 aliphatic rings. The van der Waals surface area contributed by atoms with E-state index in [9.17, 15) is 18.0 Å². The average molecular weight is 632 g/mol. The number of hydrogen-bond donors (Lipinski definition) is 1. The predicted molar refractivity (Wildman–Crippen MR) is 173 cm³/mol. The van der Waals surface area contributed by atoms with Crippen molar-refractivity contribution in [2.45, 2.75) is 50.2 Å². The minimum atomic E-state index is -4.29. The van der Waals surface area contributed by atoms with Gasteiger partial charge < -0.3 is 15.0 Å². The van der Waals surface area contributed by atoms with E-state index in [0.29, 0.717) is 6.42 Å². The van der Waals surface area contributed by atoms with Gasteiger partial charge in [-0.15, -0.1) is 0 Å². The molecule has 0 aliphatic heterocycles. The molecule has 0 aliphatic carbocycles. The molecule has 0 saturated heterocycles. The first-order valence-corrected chi connectivity index (χ1v) is 16.2. The topological polar surface area (TPSA) is 96.0 Å². The van der Waals surface area contributed by atoms with Crippen molar-refractivity contribution in [3.63, 3.8) is 0 Å². The zero-order chi connectivity index (χ0) is 32.4. The minimum Gasteiger partial charge on any atom is -0.495 e. The van der Waals surface area contributed by atoms with Crippen molar-refractivity contribution in [2.24, 2.45) is 0 Å². The molecule has 0 saturated carbocycles. The number of benzene rings is 4. The van der Waals surface area contributed by atoms with Gasteiger partial charge in [0.25, 0.3) is 10.0 Å². The molecule has 2 atom stereocenters. The van der Waals surface area contributed by atoms with Gasteiger partial charge in [-0.1, -0.05) is 85.8 Å². The van der Waals surface area contributed by atoms with Crippen molar-refractivity contribution in [3.8, 4) is 5.75 Å². The van der Waals surface area contributed by atoms with Crippen molar-refractivity contribution in [3.05, 3.63) is 126 Å². The van der Waals surface area contributed by atoms with Gasteiger partial charge in [0.15, 0.2) is 0 Å². The Morgan fingerprint density at radius 1 is 0.867 bits per heavy atom. The number of anilines is 1. The molecule has 236 valence electrons. The van der Waals surface area contributed by atoms with Gasteiger partial charge in [-0.3, -0.25) is 13.9 Å². The number of sulfonamides is 1. The van der Waals surface area contributed by atoms with Gasteiger partial charge in [-0.2, -0.15) is 0 Å². The number of halogens is 1. The number of methoxy groups -OCH3 is 1. The molecule has 2 amide bonds. The summed E-state index contributed by atoms with van der Waals surface area (Å²) in [5.74, 6) is -1.42.